The molecule has 4 nitrogen and oxygen atoms in total. The number of benzene rings is 1. The lowest BCUT2D eigenvalue weighted by Gasteiger charge is -2.23. The Balaban J connectivity index is 0.00000242. The normalized spacial score (nSPS) is 17.7. The summed E-state index contributed by atoms with van der Waals surface area (Å²) in [7, 11) is 0. The molecule has 0 radical (unpaired) electrons. The Bertz CT molecular complexity index is 442. The van der Waals surface area contributed by atoms with E-state index in [2.05, 4.69) is 24.5 Å². The van der Waals surface area contributed by atoms with Gasteiger partial charge in [-0.15, -0.1) is 12.4 Å². The molecule has 1 aliphatic heterocycles. The van der Waals surface area contributed by atoms with E-state index in [0.717, 1.165) is 37.2 Å². The van der Waals surface area contributed by atoms with Gasteiger partial charge in [0, 0.05) is 12.6 Å². The van der Waals surface area contributed by atoms with Crippen LogP contribution in [0.5, 0.6) is 5.75 Å². The highest BCUT2D eigenvalue weighted by Crippen LogP contribution is 2.14. The van der Waals surface area contributed by atoms with Gasteiger partial charge in [0.25, 0.3) is 0 Å². The predicted octanol–water partition coefficient (Wildman–Crippen LogP) is 2.55. The van der Waals surface area contributed by atoms with Gasteiger partial charge in [0.2, 0.25) is 5.91 Å². The summed E-state index contributed by atoms with van der Waals surface area (Å²) in [5.74, 6) is 1.48. The highest BCUT2D eigenvalue weighted by molar-refractivity contribution is 5.85. The number of piperidine rings is 1. The fraction of sp³-hybridized carbons (Fsp3) is 0.588. The van der Waals surface area contributed by atoms with Crippen molar-refractivity contribution in [3.8, 4) is 5.75 Å². The summed E-state index contributed by atoms with van der Waals surface area (Å²) in [6.07, 6.45) is 2.63. The zero-order valence-corrected chi connectivity index (χ0v) is 14.2. The van der Waals surface area contributed by atoms with Gasteiger partial charge in [-0.1, -0.05) is 26.0 Å². The molecule has 22 heavy (non-hydrogen) atoms. The second-order valence-corrected chi connectivity index (χ2v) is 6.14. The van der Waals surface area contributed by atoms with E-state index in [4.69, 9.17) is 4.74 Å². The third-order valence-electron chi connectivity index (χ3n) is 3.53. The number of halogens is 1. The number of ether oxygens (including phenoxy) is 1. The summed E-state index contributed by atoms with van der Waals surface area (Å²) in [6.45, 7) is 6.91. The number of hydrogen-bond acceptors (Lipinski definition) is 3. The highest BCUT2D eigenvalue weighted by atomic mass is 35.5. The van der Waals surface area contributed by atoms with E-state index in [1.165, 1.54) is 0 Å². The molecule has 0 bridgehead atoms. The molecule has 1 aromatic rings. The Morgan fingerprint density at radius 1 is 1.36 bits per heavy atom. The first-order valence-electron chi connectivity index (χ1n) is 7.85. The number of nitrogens with one attached hydrogen (secondary N) is 2. The highest BCUT2D eigenvalue weighted by Gasteiger charge is 2.15. The van der Waals surface area contributed by atoms with Gasteiger partial charge in [-0.05, 0) is 43.0 Å². The van der Waals surface area contributed by atoms with Crippen molar-refractivity contribution in [2.75, 3.05) is 19.7 Å². The zero-order valence-electron chi connectivity index (χ0n) is 13.4. The Morgan fingerprint density at radius 3 is 2.68 bits per heavy atom. The molecule has 1 aromatic carbocycles. The van der Waals surface area contributed by atoms with Crippen molar-refractivity contribution in [3.05, 3.63) is 29.8 Å². The van der Waals surface area contributed by atoms with Crippen molar-refractivity contribution >= 4 is 18.3 Å². The average Bonchev–Trinajstić information content (AvgIpc) is 2.47. The smallest absolute Gasteiger partial charge is 0.224 e. The van der Waals surface area contributed by atoms with E-state index >= 15 is 0 Å². The van der Waals surface area contributed by atoms with E-state index in [1.54, 1.807) is 0 Å². The van der Waals surface area contributed by atoms with E-state index < -0.39 is 0 Å². The first kappa shape index (κ1) is 18.8. The van der Waals surface area contributed by atoms with Crippen LogP contribution >= 0.6 is 12.4 Å². The fourth-order valence-corrected chi connectivity index (χ4v) is 2.41. The first-order valence-corrected chi connectivity index (χ1v) is 7.85. The number of carbonyl (C=O) groups is 1. The van der Waals surface area contributed by atoms with E-state index in [9.17, 15) is 4.79 Å². The monoisotopic (exact) mass is 326 g/mol. The molecule has 0 saturated carbocycles. The van der Waals surface area contributed by atoms with Crippen LogP contribution < -0.4 is 15.4 Å². The quantitative estimate of drug-likeness (QED) is 0.844. The van der Waals surface area contributed by atoms with Crippen LogP contribution in [0.25, 0.3) is 0 Å². The Kier molecular flexibility index (Phi) is 8.28. The number of carbonyl (C=O) groups excluding carboxylic acids is 1. The molecule has 0 spiro atoms. The van der Waals surface area contributed by atoms with Crippen molar-refractivity contribution in [2.24, 2.45) is 5.92 Å². The minimum absolute atomic E-state index is 0. The molecule has 1 atom stereocenters. The SMILES string of the molecule is CC(C)COc1ccc(CC(=O)N[C@H]2CCCNC2)cc1.Cl. The lowest BCUT2D eigenvalue weighted by atomic mass is 10.1. The third kappa shape index (κ3) is 6.67. The summed E-state index contributed by atoms with van der Waals surface area (Å²) < 4.78 is 5.64. The Hall–Kier alpha value is -1.26. The second-order valence-electron chi connectivity index (χ2n) is 6.14. The molecule has 1 saturated heterocycles. The van der Waals surface area contributed by atoms with Crippen molar-refractivity contribution in [3.63, 3.8) is 0 Å². The van der Waals surface area contributed by atoms with Crippen LogP contribution in [0.15, 0.2) is 24.3 Å². The largest absolute Gasteiger partial charge is 0.493 e. The summed E-state index contributed by atoms with van der Waals surface area (Å²) in [6, 6.07) is 8.09. The number of rotatable bonds is 6. The molecule has 1 aliphatic rings. The molecular formula is C17H27ClN2O2. The molecule has 5 heteroatoms. The Labute approximate surface area is 139 Å². The van der Waals surface area contributed by atoms with Crippen LogP contribution in [0.1, 0.15) is 32.3 Å². The van der Waals surface area contributed by atoms with Crippen LogP contribution in [0.3, 0.4) is 0 Å². The Morgan fingerprint density at radius 2 is 2.09 bits per heavy atom. The molecule has 2 N–H and O–H groups in total. The minimum Gasteiger partial charge on any atom is -0.493 e. The van der Waals surface area contributed by atoms with Crippen molar-refractivity contribution in [1.29, 1.82) is 0 Å². The summed E-state index contributed by atoms with van der Waals surface area (Å²) in [5, 5.41) is 6.39. The zero-order chi connectivity index (χ0) is 15.1. The van der Waals surface area contributed by atoms with Crippen molar-refractivity contribution in [1.82, 2.24) is 10.6 Å². The molecule has 2 rings (SSSR count). The van der Waals surface area contributed by atoms with Gasteiger partial charge in [0.1, 0.15) is 5.75 Å². The predicted molar refractivity (Wildman–Crippen MR) is 91.8 cm³/mol. The van der Waals surface area contributed by atoms with Crippen LogP contribution in [0.4, 0.5) is 0 Å². The molecule has 0 unspecified atom stereocenters. The maximum atomic E-state index is 12.0. The van der Waals surface area contributed by atoms with Gasteiger partial charge in [-0.3, -0.25) is 4.79 Å². The molecule has 0 aliphatic carbocycles. The fourth-order valence-electron chi connectivity index (χ4n) is 2.41. The maximum Gasteiger partial charge on any atom is 0.224 e. The second kappa shape index (κ2) is 9.70. The number of hydrogen-bond donors (Lipinski definition) is 2. The molecule has 1 fully saturated rings. The van der Waals surface area contributed by atoms with Gasteiger partial charge >= 0.3 is 0 Å². The van der Waals surface area contributed by atoms with Gasteiger partial charge in [0.15, 0.2) is 0 Å². The van der Waals surface area contributed by atoms with Gasteiger partial charge in [0.05, 0.1) is 13.0 Å². The van der Waals surface area contributed by atoms with Gasteiger partial charge in [-0.2, -0.15) is 0 Å². The van der Waals surface area contributed by atoms with Crippen LogP contribution in [0, 0.1) is 5.92 Å². The third-order valence-corrected chi connectivity index (χ3v) is 3.53. The lowest BCUT2D eigenvalue weighted by molar-refractivity contribution is -0.121. The van der Waals surface area contributed by atoms with Crippen LogP contribution in [-0.4, -0.2) is 31.6 Å². The van der Waals surface area contributed by atoms with Crippen molar-refractivity contribution < 1.29 is 9.53 Å². The molecule has 1 amide bonds. The van der Waals surface area contributed by atoms with Crippen LogP contribution in [0.2, 0.25) is 0 Å². The molecule has 1 heterocycles. The summed E-state index contributed by atoms with van der Waals surface area (Å²) in [5.41, 5.74) is 1.02. The topological polar surface area (TPSA) is 50.4 Å². The lowest BCUT2D eigenvalue weighted by Crippen LogP contribution is -2.46. The summed E-state index contributed by atoms with van der Waals surface area (Å²) in [4.78, 5) is 12.0. The standard InChI is InChI=1S/C17H26N2O2.ClH/c1-13(2)12-21-16-7-5-14(6-8-16)10-17(20)19-15-4-3-9-18-11-15;/h5-8,13,15,18H,3-4,9-12H2,1-2H3,(H,19,20);1H/t15-;/m0./s1. The number of amides is 1. The minimum atomic E-state index is 0. The van der Waals surface area contributed by atoms with Gasteiger partial charge < -0.3 is 15.4 Å². The van der Waals surface area contributed by atoms with E-state index in [0.29, 0.717) is 18.9 Å². The first-order chi connectivity index (χ1) is 10.1. The van der Waals surface area contributed by atoms with Crippen LogP contribution in [-0.2, 0) is 11.2 Å². The maximum absolute atomic E-state index is 12.0. The molecular weight excluding hydrogens is 300 g/mol. The average molecular weight is 327 g/mol. The van der Waals surface area contributed by atoms with E-state index in [1.807, 2.05) is 24.3 Å². The summed E-state index contributed by atoms with van der Waals surface area (Å²) >= 11 is 0. The molecule has 0 aromatic heterocycles. The molecule has 124 valence electrons. The van der Waals surface area contributed by atoms with Gasteiger partial charge in [-0.25, -0.2) is 0 Å². The van der Waals surface area contributed by atoms with E-state index in [-0.39, 0.29) is 24.4 Å². The van der Waals surface area contributed by atoms with Crippen molar-refractivity contribution in [2.45, 2.75) is 39.2 Å².